The number of benzene rings is 2. The number of hydrogen-bond donors (Lipinski definition) is 3. The highest BCUT2D eigenvalue weighted by Gasteiger charge is 2.38. The van der Waals surface area contributed by atoms with Crippen molar-refractivity contribution in [3.05, 3.63) is 75.7 Å². The normalized spacial score (nSPS) is 16.7. The van der Waals surface area contributed by atoms with Crippen molar-refractivity contribution < 1.29 is 42.2 Å². The predicted molar refractivity (Wildman–Crippen MR) is 291 cm³/mol. The summed E-state index contributed by atoms with van der Waals surface area (Å²) in [5.74, 6) is -2.97. The molecule has 5 heterocycles. The van der Waals surface area contributed by atoms with Gasteiger partial charge in [-0.15, -0.1) is 0 Å². The summed E-state index contributed by atoms with van der Waals surface area (Å²) in [5, 5.41) is 17.0. The van der Waals surface area contributed by atoms with Crippen LogP contribution in [0.1, 0.15) is 164 Å². The fourth-order valence-corrected chi connectivity index (χ4v) is 11.1. The molecule has 3 fully saturated rings. The van der Waals surface area contributed by atoms with E-state index in [0.29, 0.717) is 57.9 Å². The van der Waals surface area contributed by atoms with Gasteiger partial charge in [0, 0.05) is 80.8 Å². The van der Waals surface area contributed by atoms with Gasteiger partial charge in [-0.05, 0) is 99.8 Å². The number of ether oxygens (including phenoxy) is 1. The summed E-state index contributed by atoms with van der Waals surface area (Å²) in [6, 6.07) is 13.4. The number of carboxylic acid groups (broad SMARTS) is 1. The summed E-state index contributed by atoms with van der Waals surface area (Å²) in [6.07, 6.45) is 21.9. The highest BCUT2D eigenvalue weighted by atomic mass is 19.4. The number of amides is 3. The van der Waals surface area contributed by atoms with E-state index in [1.54, 1.807) is 9.58 Å². The smallest absolute Gasteiger partial charge is 0.475 e. The lowest BCUT2D eigenvalue weighted by Crippen LogP contribution is -2.59. The molecule has 3 N–H and O–H groups in total. The van der Waals surface area contributed by atoms with E-state index in [2.05, 4.69) is 40.1 Å². The average Bonchev–Trinajstić information content (AvgIpc) is 3.83. The number of aryl methyl sites for hydroxylation is 1. The number of carbonyl (C=O) groups is 4. The second-order valence-corrected chi connectivity index (χ2v) is 21.5. The molecule has 0 spiro atoms. The number of aliphatic carboxylic acids is 1. The van der Waals surface area contributed by atoms with Crippen LogP contribution in [0.15, 0.2) is 53.5 Å². The molecular weight excluding hydrogens is 978 g/mol. The molecule has 7 rings (SSSR count). The number of piperidine rings is 2. The van der Waals surface area contributed by atoms with Gasteiger partial charge in [0.05, 0.1) is 5.52 Å². The van der Waals surface area contributed by atoms with Crippen molar-refractivity contribution in [3.63, 3.8) is 0 Å². The van der Waals surface area contributed by atoms with E-state index in [9.17, 15) is 32.3 Å². The zero-order chi connectivity index (χ0) is 54.5. The summed E-state index contributed by atoms with van der Waals surface area (Å²) in [5.41, 5.74) is 4.21. The van der Waals surface area contributed by atoms with Crippen LogP contribution in [-0.4, -0.2) is 141 Å². The lowest BCUT2D eigenvalue weighted by atomic mass is 9.89. The Morgan fingerprint density at radius 3 is 1.93 bits per heavy atom. The van der Waals surface area contributed by atoms with E-state index in [0.717, 1.165) is 96.8 Å². The quantitative estimate of drug-likeness (QED) is 0.0428. The number of likely N-dealkylation sites (tertiary alicyclic amines) is 2. The number of aromatic amines is 1. The number of fused-ring (bicyclic) bond motifs is 2. The second kappa shape index (κ2) is 30.5. The zero-order valence-electron chi connectivity index (χ0n) is 45.5. The molecule has 4 aromatic rings. The van der Waals surface area contributed by atoms with Gasteiger partial charge in [-0.2, -0.15) is 18.3 Å². The number of piperazine rings is 1. The number of hydrogen-bond acceptors (Lipinski definition) is 9. The number of esters is 1. The van der Waals surface area contributed by atoms with Crippen molar-refractivity contribution >= 4 is 45.7 Å². The first-order chi connectivity index (χ1) is 36.6. The Kier molecular flexibility index (Phi) is 23.9. The molecule has 0 aliphatic carbocycles. The Hall–Kier alpha value is -5.49. The standard InChI is InChI=1S/C56H84N8O5.C2HF3O2/c1-4-5-6-7-8-9-10-11-12-13-14-15-16-17-18-19-24-52(65)69-42-64-41-47-38-44(37-43(2)53(47)59-64)39-51(55(67)62-35-33-61(34-36-62)48-27-29-60(3)30-28-48)58-56(68)63-31-25-45(26-32-63)49-40-46-22-20-21-23-50(46)57-54(49)66;3-2(4,5)1(6)7/h20-23,37-38,40-41,45,48,51H,4-19,24-36,39,42H2,1-3H3,(H,57,66)(H,58,68);(H,6,7). The number of alkyl halides is 3. The van der Waals surface area contributed by atoms with Gasteiger partial charge in [-0.1, -0.05) is 128 Å². The van der Waals surface area contributed by atoms with Crippen molar-refractivity contribution in [1.29, 1.82) is 0 Å². The molecule has 0 bridgehead atoms. The topological polar surface area (TPSA) is 173 Å². The number of urea groups is 1. The van der Waals surface area contributed by atoms with Crippen LogP contribution in [0.4, 0.5) is 18.0 Å². The SMILES string of the molecule is CCCCCCCCCCCCCCCCCCC(=O)OCn1cc2cc(CC(NC(=O)N3CCC(c4cc5ccccc5[nH]c4=O)CC3)C(=O)N3CCN(C4CCN(C)CC4)CC3)cc(C)c2n1.O=C(O)C(F)(F)F. The van der Waals surface area contributed by atoms with E-state index in [-0.39, 0.29) is 36.1 Å². The molecule has 420 valence electrons. The Morgan fingerprint density at radius 2 is 1.34 bits per heavy atom. The number of nitrogens with zero attached hydrogens (tertiary/aromatic N) is 6. The predicted octanol–water partition coefficient (Wildman–Crippen LogP) is 10.7. The number of carbonyl (C=O) groups excluding carboxylic acids is 3. The third-order valence-corrected chi connectivity index (χ3v) is 15.6. The Balaban J connectivity index is 0.00000125. The summed E-state index contributed by atoms with van der Waals surface area (Å²) in [7, 11) is 2.18. The maximum atomic E-state index is 14.5. The number of H-pyrrole nitrogens is 1. The molecule has 76 heavy (non-hydrogen) atoms. The Morgan fingerprint density at radius 1 is 0.763 bits per heavy atom. The molecule has 2 aromatic heterocycles. The van der Waals surface area contributed by atoms with Gasteiger partial charge in [-0.3, -0.25) is 19.3 Å². The van der Waals surface area contributed by atoms with Gasteiger partial charge < -0.3 is 34.8 Å². The lowest BCUT2D eigenvalue weighted by Gasteiger charge is -2.43. The van der Waals surface area contributed by atoms with Crippen molar-refractivity contribution in [2.24, 2.45) is 0 Å². The first-order valence-corrected chi connectivity index (χ1v) is 28.4. The van der Waals surface area contributed by atoms with Crippen LogP contribution in [-0.2, 0) is 32.3 Å². The van der Waals surface area contributed by atoms with Crippen LogP contribution in [0.2, 0.25) is 0 Å². The van der Waals surface area contributed by atoms with Crippen molar-refractivity contribution in [2.45, 2.75) is 186 Å². The van der Waals surface area contributed by atoms with E-state index in [1.165, 1.54) is 83.5 Å². The minimum Gasteiger partial charge on any atom is -0.475 e. The second-order valence-electron chi connectivity index (χ2n) is 21.5. The first-order valence-electron chi connectivity index (χ1n) is 28.4. The van der Waals surface area contributed by atoms with Crippen LogP contribution in [0, 0.1) is 6.92 Å². The van der Waals surface area contributed by atoms with Crippen LogP contribution >= 0.6 is 0 Å². The maximum Gasteiger partial charge on any atom is 0.490 e. The molecule has 1 atom stereocenters. The molecule has 0 saturated carbocycles. The van der Waals surface area contributed by atoms with Crippen LogP contribution in [0.3, 0.4) is 0 Å². The van der Waals surface area contributed by atoms with Crippen molar-refractivity contribution in [3.8, 4) is 0 Å². The number of para-hydroxylation sites is 1. The van der Waals surface area contributed by atoms with E-state index in [1.807, 2.05) is 54.4 Å². The fourth-order valence-electron chi connectivity index (χ4n) is 11.1. The molecule has 0 radical (unpaired) electrons. The number of aromatic nitrogens is 3. The third-order valence-electron chi connectivity index (χ3n) is 15.6. The molecule has 3 amide bonds. The largest absolute Gasteiger partial charge is 0.490 e. The molecule has 3 aliphatic heterocycles. The maximum absolute atomic E-state index is 14.5. The molecule has 2 aromatic carbocycles. The van der Waals surface area contributed by atoms with Gasteiger partial charge in [0.2, 0.25) is 5.91 Å². The van der Waals surface area contributed by atoms with Crippen LogP contribution < -0.4 is 10.9 Å². The third kappa shape index (κ3) is 18.9. The molecule has 3 saturated heterocycles. The molecule has 18 heteroatoms. The summed E-state index contributed by atoms with van der Waals surface area (Å²) in [6.45, 7) is 10.4. The van der Waals surface area contributed by atoms with E-state index < -0.39 is 18.2 Å². The van der Waals surface area contributed by atoms with Crippen molar-refractivity contribution in [2.75, 3.05) is 59.4 Å². The molecule has 15 nitrogen and oxygen atoms in total. The van der Waals surface area contributed by atoms with Gasteiger partial charge in [0.25, 0.3) is 5.56 Å². The number of carboxylic acids is 1. The number of unbranched alkanes of at least 4 members (excludes halogenated alkanes) is 15. The average molecular weight is 1060 g/mol. The molecule has 3 aliphatic rings. The zero-order valence-corrected chi connectivity index (χ0v) is 45.5. The van der Waals surface area contributed by atoms with Crippen LogP contribution in [0.5, 0.6) is 0 Å². The van der Waals surface area contributed by atoms with Gasteiger partial charge in [-0.25, -0.2) is 14.3 Å². The highest BCUT2D eigenvalue weighted by molar-refractivity contribution is 5.88. The van der Waals surface area contributed by atoms with Crippen LogP contribution in [0.25, 0.3) is 21.8 Å². The number of rotatable bonds is 25. The van der Waals surface area contributed by atoms with E-state index in [4.69, 9.17) is 19.7 Å². The minimum atomic E-state index is -5.08. The highest BCUT2D eigenvalue weighted by Crippen LogP contribution is 2.28. The molecule has 1 unspecified atom stereocenters. The van der Waals surface area contributed by atoms with Gasteiger partial charge >= 0.3 is 24.1 Å². The summed E-state index contributed by atoms with van der Waals surface area (Å²) in [4.78, 5) is 75.0. The van der Waals surface area contributed by atoms with Crippen molar-refractivity contribution in [1.82, 2.24) is 39.7 Å². The lowest BCUT2D eigenvalue weighted by molar-refractivity contribution is -0.192. The number of nitrogens with one attached hydrogen (secondary N) is 2. The fraction of sp³-hybridized carbons (Fsp3) is 0.655. The van der Waals surface area contributed by atoms with Gasteiger partial charge in [0.15, 0.2) is 6.73 Å². The monoisotopic (exact) mass is 1060 g/mol. The van der Waals surface area contributed by atoms with E-state index >= 15 is 0 Å². The molecular formula is C58H85F3N8O7. The number of pyridine rings is 1. The van der Waals surface area contributed by atoms with Gasteiger partial charge in [0.1, 0.15) is 6.04 Å². The number of halogens is 3. The Labute approximate surface area is 447 Å². The summed E-state index contributed by atoms with van der Waals surface area (Å²) >= 11 is 0. The Bertz CT molecular complexity index is 2510. The summed E-state index contributed by atoms with van der Waals surface area (Å²) < 4.78 is 39.1. The minimum absolute atomic E-state index is 0.0449. The first kappa shape index (κ1) is 59.7.